The summed E-state index contributed by atoms with van der Waals surface area (Å²) in [7, 11) is 0. The highest BCUT2D eigenvalue weighted by Gasteiger charge is 2.19. The lowest BCUT2D eigenvalue weighted by molar-refractivity contribution is -0.128. The van der Waals surface area contributed by atoms with E-state index in [9.17, 15) is 4.79 Å². The number of nitrogens with two attached hydrogens (primary N) is 1. The minimum atomic E-state index is -0.337. The highest BCUT2D eigenvalue weighted by Crippen LogP contribution is 2.15. The van der Waals surface area contributed by atoms with Gasteiger partial charge in [0.2, 0.25) is 5.91 Å². The normalized spacial score (nSPS) is 11.2. The number of aryl methyl sites for hydroxylation is 1. The first-order chi connectivity index (χ1) is 8.80. The SMILES string of the molecule is Cc1cnc(NCCCNC(=O)C(C)(C)C)c(N)c1. The van der Waals surface area contributed by atoms with Gasteiger partial charge in [-0.1, -0.05) is 20.8 Å². The molecule has 1 aromatic rings. The molecule has 0 aliphatic heterocycles. The number of nitrogen functional groups attached to an aromatic ring is 1. The van der Waals surface area contributed by atoms with Crippen LogP contribution in [0.2, 0.25) is 0 Å². The van der Waals surface area contributed by atoms with E-state index in [1.807, 2.05) is 33.8 Å². The summed E-state index contributed by atoms with van der Waals surface area (Å²) in [5, 5.41) is 6.07. The molecule has 0 aliphatic rings. The number of nitrogens with one attached hydrogen (secondary N) is 2. The molecule has 5 heteroatoms. The van der Waals surface area contributed by atoms with E-state index in [2.05, 4.69) is 15.6 Å². The van der Waals surface area contributed by atoms with Crippen LogP contribution >= 0.6 is 0 Å². The summed E-state index contributed by atoms with van der Waals surface area (Å²) in [5.41, 5.74) is 7.20. The Kier molecular flexibility index (Phi) is 5.15. The van der Waals surface area contributed by atoms with Gasteiger partial charge in [0, 0.05) is 24.7 Å². The van der Waals surface area contributed by atoms with Crippen molar-refractivity contribution >= 4 is 17.4 Å². The Bertz CT molecular complexity index is 438. The fraction of sp³-hybridized carbons (Fsp3) is 0.571. The smallest absolute Gasteiger partial charge is 0.225 e. The summed E-state index contributed by atoms with van der Waals surface area (Å²) in [4.78, 5) is 15.9. The molecule has 0 saturated heterocycles. The van der Waals surface area contributed by atoms with Crippen LogP contribution in [0.15, 0.2) is 12.3 Å². The zero-order valence-electron chi connectivity index (χ0n) is 12.2. The lowest BCUT2D eigenvalue weighted by Crippen LogP contribution is -2.35. The molecule has 0 unspecified atom stereocenters. The van der Waals surface area contributed by atoms with Crippen molar-refractivity contribution in [3.8, 4) is 0 Å². The maximum Gasteiger partial charge on any atom is 0.225 e. The Balaban J connectivity index is 2.26. The van der Waals surface area contributed by atoms with Crippen molar-refractivity contribution in [3.05, 3.63) is 17.8 Å². The molecule has 1 rings (SSSR count). The van der Waals surface area contributed by atoms with E-state index in [-0.39, 0.29) is 11.3 Å². The van der Waals surface area contributed by atoms with E-state index >= 15 is 0 Å². The predicted octanol–water partition coefficient (Wildman–Crippen LogP) is 1.94. The number of carbonyl (C=O) groups excluding carboxylic acids is 1. The van der Waals surface area contributed by atoms with Crippen molar-refractivity contribution in [1.82, 2.24) is 10.3 Å². The molecule has 1 aromatic heterocycles. The second-order valence-electron chi connectivity index (χ2n) is 5.74. The number of pyridine rings is 1. The second kappa shape index (κ2) is 6.41. The largest absolute Gasteiger partial charge is 0.396 e. The Morgan fingerprint density at radius 2 is 2.05 bits per heavy atom. The maximum absolute atomic E-state index is 11.6. The van der Waals surface area contributed by atoms with Gasteiger partial charge in [-0.05, 0) is 25.0 Å². The highest BCUT2D eigenvalue weighted by molar-refractivity contribution is 5.81. The van der Waals surface area contributed by atoms with Gasteiger partial charge in [-0.3, -0.25) is 4.79 Å². The van der Waals surface area contributed by atoms with Crippen LogP contribution in [0.5, 0.6) is 0 Å². The molecule has 19 heavy (non-hydrogen) atoms. The molecule has 0 spiro atoms. The van der Waals surface area contributed by atoms with Crippen LogP contribution in [0.4, 0.5) is 11.5 Å². The molecule has 0 radical (unpaired) electrons. The monoisotopic (exact) mass is 264 g/mol. The fourth-order valence-electron chi connectivity index (χ4n) is 1.50. The van der Waals surface area contributed by atoms with Gasteiger partial charge in [-0.2, -0.15) is 0 Å². The van der Waals surface area contributed by atoms with Crippen molar-refractivity contribution in [3.63, 3.8) is 0 Å². The first-order valence-electron chi connectivity index (χ1n) is 6.55. The number of anilines is 2. The molecular formula is C14H24N4O. The Morgan fingerprint density at radius 3 is 2.63 bits per heavy atom. The minimum Gasteiger partial charge on any atom is -0.396 e. The van der Waals surface area contributed by atoms with Gasteiger partial charge >= 0.3 is 0 Å². The fourth-order valence-corrected chi connectivity index (χ4v) is 1.50. The van der Waals surface area contributed by atoms with Crippen LogP contribution in [0.3, 0.4) is 0 Å². The minimum absolute atomic E-state index is 0.0699. The Morgan fingerprint density at radius 1 is 1.37 bits per heavy atom. The van der Waals surface area contributed by atoms with Gasteiger partial charge in [0.25, 0.3) is 0 Å². The molecule has 0 aliphatic carbocycles. The number of aromatic nitrogens is 1. The summed E-state index contributed by atoms with van der Waals surface area (Å²) in [6.45, 7) is 9.03. The second-order valence-corrected chi connectivity index (χ2v) is 5.74. The third-order valence-electron chi connectivity index (χ3n) is 2.67. The summed E-state index contributed by atoms with van der Waals surface area (Å²) in [5.74, 6) is 0.772. The number of nitrogens with zero attached hydrogens (tertiary/aromatic N) is 1. The average Bonchev–Trinajstić information content (AvgIpc) is 2.29. The lowest BCUT2D eigenvalue weighted by Gasteiger charge is -2.17. The van der Waals surface area contributed by atoms with Gasteiger partial charge in [0.05, 0.1) is 5.69 Å². The average molecular weight is 264 g/mol. The summed E-state index contributed by atoms with van der Waals surface area (Å²) < 4.78 is 0. The standard InChI is InChI=1S/C14H24N4O/c1-10-8-11(15)12(18-9-10)16-6-5-7-17-13(19)14(2,3)4/h8-9H,5-7,15H2,1-4H3,(H,16,18)(H,17,19). The maximum atomic E-state index is 11.6. The van der Waals surface area contributed by atoms with Crippen LogP contribution in [-0.2, 0) is 4.79 Å². The van der Waals surface area contributed by atoms with Crippen LogP contribution in [-0.4, -0.2) is 24.0 Å². The van der Waals surface area contributed by atoms with Gasteiger partial charge in [0.1, 0.15) is 5.82 Å². The van der Waals surface area contributed by atoms with Crippen LogP contribution in [0.1, 0.15) is 32.8 Å². The third kappa shape index (κ3) is 5.16. The van der Waals surface area contributed by atoms with E-state index < -0.39 is 0 Å². The first kappa shape index (κ1) is 15.3. The summed E-state index contributed by atoms with van der Waals surface area (Å²) in [6.07, 6.45) is 2.61. The lowest BCUT2D eigenvalue weighted by atomic mass is 9.96. The molecule has 0 fully saturated rings. The molecule has 0 atom stereocenters. The van der Waals surface area contributed by atoms with Crippen LogP contribution in [0, 0.1) is 12.3 Å². The number of hydrogen-bond donors (Lipinski definition) is 3. The number of amides is 1. The van der Waals surface area contributed by atoms with Crippen molar-refractivity contribution in [1.29, 1.82) is 0 Å². The summed E-state index contributed by atoms with van der Waals surface area (Å²) in [6, 6.07) is 1.89. The number of rotatable bonds is 5. The zero-order chi connectivity index (χ0) is 14.5. The van der Waals surface area contributed by atoms with E-state index in [0.29, 0.717) is 18.1 Å². The molecule has 0 aromatic carbocycles. The Labute approximate surface area is 115 Å². The molecular weight excluding hydrogens is 240 g/mol. The predicted molar refractivity (Wildman–Crippen MR) is 79.0 cm³/mol. The van der Waals surface area contributed by atoms with Gasteiger partial charge in [-0.15, -0.1) is 0 Å². The summed E-state index contributed by atoms with van der Waals surface area (Å²) >= 11 is 0. The van der Waals surface area contributed by atoms with E-state index in [0.717, 1.165) is 18.5 Å². The number of carbonyl (C=O) groups is 1. The molecule has 1 heterocycles. The highest BCUT2D eigenvalue weighted by atomic mass is 16.2. The van der Waals surface area contributed by atoms with Crippen LogP contribution in [0.25, 0.3) is 0 Å². The van der Waals surface area contributed by atoms with Crippen molar-refractivity contribution in [2.24, 2.45) is 5.41 Å². The Hall–Kier alpha value is -1.78. The molecule has 0 saturated carbocycles. The quantitative estimate of drug-likeness (QED) is 0.710. The van der Waals surface area contributed by atoms with Crippen molar-refractivity contribution in [2.75, 3.05) is 24.1 Å². The van der Waals surface area contributed by atoms with Gasteiger partial charge in [0.15, 0.2) is 0 Å². The van der Waals surface area contributed by atoms with E-state index in [4.69, 9.17) is 5.73 Å². The number of hydrogen-bond acceptors (Lipinski definition) is 4. The van der Waals surface area contributed by atoms with Gasteiger partial charge < -0.3 is 16.4 Å². The molecule has 106 valence electrons. The van der Waals surface area contributed by atoms with Crippen molar-refractivity contribution in [2.45, 2.75) is 34.1 Å². The molecule has 5 nitrogen and oxygen atoms in total. The van der Waals surface area contributed by atoms with Crippen molar-refractivity contribution < 1.29 is 4.79 Å². The molecule has 1 amide bonds. The van der Waals surface area contributed by atoms with E-state index in [1.54, 1.807) is 6.20 Å². The zero-order valence-corrected chi connectivity index (χ0v) is 12.2. The molecule has 4 N–H and O–H groups in total. The van der Waals surface area contributed by atoms with E-state index in [1.165, 1.54) is 0 Å². The first-order valence-corrected chi connectivity index (χ1v) is 6.55. The van der Waals surface area contributed by atoms with Gasteiger partial charge in [-0.25, -0.2) is 4.98 Å². The van der Waals surface area contributed by atoms with Crippen LogP contribution < -0.4 is 16.4 Å². The third-order valence-corrected chi connectivity index (χ3v) is 2.67. The topological polar surface area (TPSA) is 80.0 Å². The molecule has 0 bridgehead atoms.